The first-order valence-electron chi connectivity index (χ1n) is 7.82. The van der Waals surface area contributed by atoms with Crippen molar-refractivity contribution in [2.75, 3.05) is 5.32 Å². The second-order valence-electron chi connectivity index (χ2n) is 6.84. The first kappa shape index (κ1) is 14.3. The van der Waals surface area contributed by atoms with E-state index in [9.17, 15) is 9.90 Å². The Balaban J connectivity index is 1.85. The molecule has 0 spiro atoms. The van der Waals surface area contributed by atoms with Crippen LogP contribution in [-0.4, -0.2) is 17.2 Å². The van der Waals surface area contributed by atoms with Crippen molar-refractivity contribution in [3.63, 3.8) is 0 Å². The molecule has 2 aliphatic rings. The largest absolute Gasteiger partial charge is 0.478 e. The molecule has 2 atom stereocenters. The maximum Gasteiger partial charge on any atom is 0.335 e. The summed E-state index contributed by atoms with van der Waals surface area (Å²) in [6.07, 6.45) is -0.0334. The van der Waals surface area contributed by atoms with Gasteiger partial charge in [-0.25, -0.2) is 4.79 Å². The van der Waals surface area contributed by atoms with Crippen LogP contribution in [0.5, 0.6) is 0 Å². The van der Waals surface area contributed by atoms with Gasteiger partial charge in [0.05, 0.1) is 24.3 Å². The molecule has 2 aromatic rings. The summed E-state index contributed by atoms with van der Waals surface area (Å²) in [6.45, 7) is 4.85. The smallest absolute Gasteiger partial charge is 0.335 e. The molecular formula is C19H19NO3. The van der Waals surface area contributed by atoms with Crippen molar-refractivity contribution in [2.24, 2.45) is 0 Å². The summed E-state index contributed by atoms with van der Waals surface area (Å²) >= 11 is 0. The molecule has 2 N–H and O–H groups in total. The number of fused-ring (bicyclic) bond motifs is 4. The fourth-order valence-corrected chi connectivity index (χ4v) is 3.84. The lowest BCUT2D eigenvalue weighted by Gasteiger charge is -2.48. The van der Waals surface area contributed by atoms with E-state index in [1.54, 1.807) is 12.1 Å². The Morgan fingerprint density at radius 1 is 1.26 bits per heavy atom. The highest BCUT2D eigenvalue weighted by atomic mass is 16.5. The molecule has 4 heteroatoms. The Hall–Kier alpha value is -2.33. The number of aromatic carboxylic acids is 1. The van der Waals surface area contributed by atoms with E-state index in [1.165, 1.54) is 11.1 Å². The molecule has 0 fully saturated rings. The van der Waals surface area contributed by atoms with Crippen molar-refractivity contribution in [2.45, 2.75) is 38.0 Å². The number of rotatable bonds is 1. The normalized spacial score (nSPS) is 23.9. The van der Waals surface area contributed by atoms with Gasteiger partial charge in [-0.2, -0.15) is 0 Å². The van der Waals surface area contributed by atoms with Crippen LogP contribution in [0.3, 0.4) is 0 Å². The number of hydrogen-bond acceptors (Lipinski definition) is 3. The average Bonchev–Trinajstić information content (AvgIpc) is 2.54. The molecule has 4 nitrogen and oxygen atoms in total. The molecule has 2 aromatic carbocycles. The third kappa shape index (κ3) is 2.05. The van der Waals surface area contributed by atoms with Crippen LogP contribution in [0.4, 0.5) is 5.69 Å². The van der Waals surface area contributed by atoms with Gasteiger partial charge in [0, 0.05) is 11.1 Å². The molecule has 0 aliphatic carbocycles. The first-order valence-corrected chi connectivity index (χ1v) is 7.82. The van der Waals surface area contributed by atoms with Crippen LogP contribution in [0.1, 0.15) is 46.9 Å². The molecular weight excluding hydrogens is 290 g/mol. The fraction of sp³-hybridized carbons (Fsp3) is 0.316. The molecule has 2 aliphatic heterocycles. The van der Waals surface area contributed by atoms with E-state index in [2.05, 4.69) is 37.4 Å². The minimum atomic E-state index is -0.902. The first-order chi connectivity index (χ1) is 11.0. The Morgan fingerprint density at radius 2 is 2.04 bits per heavy atom. The number of carboxylic acid groups (broad SMARTS) is 1. The lowest BCUT2D eigenvalue weighted by Crippen LogP contribution is -2.49. The summed E-state index contributed by atoms with van der Waals surface area (Å²) in [5.41, 5.74) is 4.50. The van der Waals surface area contributed by atoms with E-state index in [1.807, 2.05) is 12.1 Å². The Morgan fingerprint density at radius 3 is 2.83 bits per heavy atom. The molecule has 0 unspecified atom stereocenters. The molecule has 4 rings (SSSR count). The van der Waals surface area contributed by atoms with Crippen LogP contribution in [0.25, 0.3) is 0 Å². The number of ether oxygens (including phenoxy) is 1. The summed E-state index contributed by atoms with van der Waals surface area (Å²) in [5, 5.41) is 12.8. The van der Waals surface area contributed by atoms with Crippen LogP contribution in [0, 0.1) is 0 Å². The minimum absolute atomic E-state index is 0.0334. The maximum absolute atomic E-state index is 11.3. The van der Waals surface area contributed by atoms with Crippen LogP contribution in [0.15, 0.2) is 42.5 Å². The number of carbonyl (C=O) groups is 1. The summed E-state index contributed by atoms with van der Waals surface area (Å²) in [5.74, 6) is -0.902. The van der Waals surface area contributed by atoms with Gasteiger partial charge in [-0.1, -0.05) is 38.1 Å². The third-order valence-corrected chi connectivity index (χ3v) is 5.09. The summed E-state index contributed by atoms with van der Waals surface area (Å²) in [7, 11) is 0. The van der Waals surface area contributed by atoms with Crippen LogP contribution < -0.4 is 5.32 Å². The predicted molar refractivity (Wildman–Crippen MR) is 87.8 cm³/mol. The molecule has 118 valence electrons. The van der Waals surface area contributed by atoms with Crippen molar-refractivity contribution in [1.82, 2.24) is 0 Å². The quantitative estimate of drug-likeness (QED) is 0.843. The van der Waals surface area contributed by atoms with Crippen molar-refractivity contribution in [3.05, 3.63) is 64.7 Å². The standard InChI is InChI=1S/C19H19NO3/c1-19(2)14-9-11(18(21)22)7-8-15(14)20-16-13-6-4-3-5-12(13)10-23-17(16)19/h3-9,16-17,20H,10H2,1-2H3,(H,21,22)/t16-,17-/m0/s1. The zero-order valence-corrected chi connectivity index (χ0v) is 13.2. The lowest BCUT2D eigenvalue weighted by atomic mass is 9.70. The molecule has 23 heavy (non-hydrogen) atoms. The second-order valence-corrected chi connectivity index (χ2v) is 6.84. The monoisotopic (exact) mass is 309 g/mol. The minimum Gasteiger partial charge on any atom is -0.478 e. The van der Waals surface area contributed by atoms with E-state index in [0.717, 1.165) is 11.3 Å². The second kappa shape index (κ2) is 4.83. The summed E-state index contributed by atoms with van der Waals surface area (Å²) < 4.78 is 6.17. The molecule has 0 saturated heterocycles. The van der Waals surface area contributed by atoms with Crippen LogP contribution in [-0.2, 0) is 16.8 Å². The average molecular weight is 309 g/mol. The van der Waals surface area contributed by atoms with Crippen molar-refractivity contribution in [3.8, 4) is 0 Å². The van der Waals surface area contributed by atoms with Gasteiger partial charge >= 0.3 is 5.97 Å². The lowest BCUT2D eigenvalue weighted by molar-refractivity contribution is -0.0324. The van der Waals surface area contributed by atoms with E-state index >= 15 is 0 Å². The highest BCUT2D eigenvalue weighted by Crippen LogP contribution is 2.48. The maximum atomic E-state index is 11.3. The molecule has 0 saturated carbocycles. The van der Waals surface area contributed by atoms with Gasteiger partial charge in [-0.15, -0.1) is 0 Å². The highest BCUT2D eigenvalue weighted by Gasteiger charge is 2.46. The van der Waals surface area contributed by atoms with Gasteiger partial charge in [0.1, 0.15) is 0 Å². The van der Waals surface area contributed by atoms with E-state index in [4.69, 9.17) is 4.74 Å². The third-order valence-electron chi connectivity index (χ3n) is 5.09. The van der Waals surface area contributed by atoms with Crippen molar-refractivity contribution in [1.29, 1.82) is 0 Å². The van der Waals surface area contributed by atoms with E-state index in [0.29, 0.717) is 12.2 Å². The zero-order valence-electron chi connectivity index (χ0n) is 13.2. The topological polar surface area (TPSA) is 58.6 Å². The Labute approximate surface area is 135 Å². The van der Waals surface area contributed by atoms with Gasteiger partial charge in [-0.3, -0.25) is 0 Å². The molecule has 2 heterocycles. The van der Waals surface area contributed by atoms with Crippen molar-refractivity contribution >= 4 is 11.7 Å². The van der Waals surface area contributed by atoms with Gasteiger partial charge in [0.2, 0.25) is 0 Å². The van der Waals surface area contributed by atoms with Crippen molar-refractivity contribution < 1.29 is 14.6 Å². The van der Waals surface area contributed by atoms with Gasteiger partial charge < -0.3 is 15.2 Å². The number of benzene rings is 2. The highest BCUT2D eigenvalue weighted by molar-refractivity contribution is 5.89. The van der Waals surface area contributed by atoms with Crippen LogP contribution in [0.2, 0.25) is 0 Å². The number of carboxylic acids is 1. The predicted octanol–water partition coefficient (Wildman–Crippen LogP) is 3.73. The molecule has 0 radical (unpaired) electrons. The Bertz CT molecular complexity index is 797. The number of hydrogen-bond donors (Lipinski definition) is 2. The zero-order chi connectivity index (χ0) is 16.2. The van der Waals surface area contributed by atoms with E-state index in [-0.39, 0.29) is 17.6 Å². The molecule has 0 bridgehead atoms. The SMILES string of the molecule is CC1(C)c2cc(C(=O)O)ccc2N[C@H]2c3ccccc3CO[C@@H]21. The van der Waals surface area contributed by atoms with Gasteiger partial charge in [-0.05, 0) is 34.9 Å². The molecule has 0 amide bonds. The molecule has 0 aromatic heterocycles. The van der Waals surface area contributed by atoms with E-state index < -0.39 is 5.97 Å². The number of nitrogens with one attached hydrogen (secondary N) is 1. The van der Waals surface area contributed by atoms with Crippen LogP contribution >= 0.6 is 0 Å². The number of anilines is 1. The Kier molecular flexibility index (Phi) is 3.00. The van der Waals surface area contributed by atoms with Gasteiger partial charge in [0.25, 0.3) is 0 Å². The summed E-state index contributed by atoms with van der Waals surface area (Å²) in [6, 6.07) is 13.7. The van der Waals surface area contributed by atoms with Gasteiger partial charge in [0.15, 0.2) is 0 Å². The fourth-order valence-electron chi connectivity index (χ4n) is 3.84. The summed E-state index contributed by atoms with van der Waals surface area (Å²) in [4.78, 5) is 11.3.